The number of ether oxygens (including phenoxy) is 1. The van der Waals surface area contributed by atoms with Gasteiger partial charge in [0.2, 0.25) is 0 Å². The molecule has 0 spiro atoms. The van der Waals surface area contributed by atoms with Gasteiger partial charge in [-0.3, -0.25) is 4.79 Å². The molecule has 0 radical (unpaired) electrons. The molecular formula is C17H32O6. The summed E-state index contributed by atoms with van der Waals surface area (Å²) in [7, 11) is 0. The smallest absolute Gasteiger partial charge is 0.138 e. The Kier molecular flexibility index (Phi) is 9.24. The highest BCUT2D eigenvalue weighted by atomic mass is 16.5. The van der Waals surface area contributed by atoms with Crippen molar-refractivity contribution in [2.75, 3.05) is 19.8 Å². The fraction of sp³-hybridized carbons (Fsp3) is 0.941. The molecule has 0 saturated heterocycles. The predicted octanol–water partition coefficient (Wildman–Crippen LogP) is 0.500. The highest BCUT2D eigenvalue weighted by Gasteiger charge is 2.40. The number of hydrogen-bond donors (Lipinski definition) is 4. The van der Waals surface area contributed by atoms with E-state index < -0.39 is 37.4 Å². The number of aliphatic hydroxyl groups is 4. The van der Waals surface area contributed by atoms with E-state index in [1.165, 1.54) is 0 Å². The Morgan fingerprint density at radius 2 is 1.83 bits per heavy atom. The second kappa shape index (κ2) is 10.4. The first-order valence-electron chi connectivity index (χ1n) is 8.70. The lowest BCUT2D eigenvalue weighted by Crippen LogP contribution is -2.46. The zero-order valence-corrected chi connectivity index (χ0v) is 14.2. The molecular weight excluding hydrogens is 300 g/mol. The normalized spacial score (nSPS) is 29.3. The minimum absolute atomic E-state index is 0.0855. The van der Waals surface area contributed by atoms with E-state index in [0.717, 1.165) is 19.3 Å². The number of hydrogen-bond acceptors (Lipinski definition) is 6. The maximum absolute atomic E-state index is 12.5. The molecule has 0 aromatic heterocycles. The second-order valence-electron chi connectivity index (χ2n) is 6.56. The average molecular weight is 332 g/mol. The van der Waals surface area contributed by atoms with Crippen LogP contribution in [0.2, 0.25) is 0 Å². The first kappa shape index (κ1) is 20.5. The Morgan fingerprint density at radius 3 is 2.30 bits per heavy atom. The summed E-state index contributed by atoms with van der Waals surface area (Å²) in [6.45, 7) is 2.86. The topological polar surface area (TPSA) is 107 Å². The largest absolute Gasteiger partial charge is 0.394 e. The van der Waals surface area contributed by atoms with Crippen LogP contribution in [0.5, 0.6) is 0 Å². The number of aliphatic hydroxyl groups excluding tert-OH is 4. The molecule has 6 nitrogen and oxygen atoms in total. The van der Waals surface area contributed by atoms with Crippen molar-refractivity contribution in [2.24, 2.45) is 17.8 Å². The Labute approximate surface area is 138 Å². The summed E-state index contributed by atoms with van der Waals surface area (Å²) < 4.78 is 5.57. The number of rotatable bonds is 10. The number of carbonyl (C=O) groups is 1. The van der Waals surface area contributed by atoms with Crippen LogP contribution in [0.25, 0.3) is 0 Å². The van der Waals surface area contributed by atoms with E-state index in [-0.39, 0.29) is 12.4 Å². The maximum atomic E-state index is 12.5. The van der Waals surface area contributed by atoms with E-state index in [9.17, 15) is 20.1 Å². The van der Waals surface area contributed by atoms with Gasteiger partial charge in [0.15, 0.2) is 0 Å². The molecule has 23 heavy (non-hydrogen) atoms. The van der Waals surface area contributed by atoms with Crippen molar-refractivity contribution in [3.8, 4) is 0 Å². The summed E-state index contributed by atoms with van der Waals surface area (Å²) in [4.78, 5) is 12.5. The van der Waals surface area contributed by atoms with Crippen molar-refractivity contribution in [3.63, 3.8) is 0 Å². The van der Waals surface area contributed by atoms with Gasteiger partial charge in [-0.15, -0.1) is 0 Å². The molecule has 6 heteroatoms. The van der Waals surface area contributed by atoms with E-state index in [2.05, 4.69) is 13.8 Å². The van der Waals surface area contributed by atoms with Crippen LogP contribution in [-0.4, -0.2) is 64.3 Å². The Hall–Kier alpha value is -0.530. The van der Waals surface area contributed by atoms with Crippen LogP contribution in [0.3, 0.4) is 0 Å². The standard InChI is InChI=1S/C17H32O6/c1-3-5-12-7-14(21)13(6-11(12)4-2)16(9-19)23-17(10-20)15(22)8-18/h11-13,15-20,22H,3-10H2,1-2H3/t11-,12+,13+,15?,16?,17?/m0/s1. The van der Waals surface area contributed by atoms with Gasteiger partial charge in [-0.25, -0.2) is 0 Å². The molecule has 136 valence electrons. The lowest BCUT2D eigenvalue weighted by molar-refractivity contribution is -0.156. The minimum atomic E-state index is -1.23. The third-order valence-electron chi connectivity index (χ3n) is 5.06. The Morgan fingerprint density at radius 1 is 1.13 bits per heavy atom. The van der Waals surface area contributed by atoms with E-state index in [1.807, 2.05) is 0 Å². The first-order valence-corrected chi connectivity index (χ1v) is 8.70. The molecule has 1 aliphatic rings. The molecule has 0 bridgehead atoms. The minimum Gasteiger partial charge on any atom is -0.394 e. The van der Waals surface area contributed by atoms with Crippen LogP contribution in [0, 0.1) is 17.8 Å². The van der Waals surface area contributed by atoms with Crippen molar-refractivity contribution in [2.45, 2.75) is 64.3 Å². The lowest BCUT2D eigenvalue weighted by Gasteiger charge is -2.38. The SMILES string of the molecule is CCC[C@@H]1CC(=O)[C@H](C(CO)OC(CO)C(O)CO)C[C@@H]1CC. The van der Waals surface area contributed by atoms with Crippen LogP contribution in [0.4, 0.5) is 0 Å². The molecule has 0 amide bonds. The molecule has 0 aromatic carbocycles. The van der Waals surface area contributed by atoms with Crippen LogP contribution in [-0.2, 0) is 9.53 Å². The molecule has 0 aliphatic heterocycles. The van der Waals surface area contributed by atoms with E-state index in [4.69, 9.17) is 9.84 Å². The van der Waals surface area contributed by atoms with E-state index in [0.29, 0.717) is 24.7 Å². The Balaban J connectivity index is 2.78. The van der Waals surface area contributed by atoms with Gasteiger partial charge >= 0.3 is 0 Å². The zero-order chi connectivity index (χ0) is 17.4. The van der Waals surface area contributed by atoms with Gasteiger partial charge in [-0.1, -0.05) is 33.1 Å². The van der Waals surface area contributed by atoms with Crippen molar-refractivity contribution in [1.82, 2.24) is 0 Å². The quantitative estimate of drug-likeness (QED) is 0.464. The van der Waals surface area contributed by atoms with Gasteiger partial charge < -0.3 is 25.2 Å². The van der Waals surface area contributed by atoms with Gasteiger partial charge in [-0.2, -0.15) is 0 Å². The number of ketones is 1. The summed E-state index contributed by atoms with van der Waals surface area (Å²) in [5.74, 6) is 0.482. The van der Waals surface area contributed by atoms with Crippen LogP contribution >= 0.6 is 0 Å². The van der Waals surface area contributed by atoms with Crippen LogP contribution < -0.4 is 0 Å². The number of carbonyl (C=O) groups excluding carboxylic acids is 1. The molecule has 3 unspecified atom stereocenters. The third-order valence-corrected chi connectivity index (χ3v) is 5.06. The van der Waals surface area contributed by atoms with Crippen molar-refractivity contribution in [3.05, 3.63) is 0 Å². The Bertz CT molecular complexity index is 348. The molecule has 1 aliphatic carbocycles. The zero-order valence-electron chi connectivity index (χ0n) is 14.2. The van der Waals surface area contributed by atoms with Gasteiger partial charge in [0.1, 0.15) is 18.0 Å². The van der Waals surface area contributed by atoms with Gasteiger partial charge in [0.25, 0.3) is 0 Å². The van der Waals surface area contributed by atoms with Gasteiger partial charge in [0.05, 0.1) is 25.9 Å². The lowest BCUT2D eigenvalue weighted by atomic mass is 9.69. The van der Waals surface area contributed by atoms with Crippen molar-refractivity contribution >= 4 is 5.78 Å². The molecule has 1 rings (SSSR count). The fourth-order valence-electron chi connectivity index (χ4n) is 3.66. The fourth-order valence-corrected chi connectivity index (χ4v) is 3.66. The van der Waals surface area contributed by atoms with E-state index in [1.54, 1.807) is 0 Å². The van der Waals surface area contributed by atoms with Gasteiger partial charge in [-0.05, 0) is 18.3 Å². The van der Waals surface area contributed by atoms with E-state index >= 15 is 0 Å². The molecule has 0 heterocycles. The number of Topliss-reactive ketones (excluding diaryl/α,β-unsaturated/α-hetero) is 1. The molecule has 0 aromatic rings. The third kappa shape index (κ3) is 5.50. The maximum Gasteiger partial charge on any atom is 0.138 e. The highest BCUT2D eigenvalue weighted by Crippen LogP contribution is 2.38. The summed E-state index contributed by atoms with van der Waals surface area (Å²) in [6.07, 6.45) is 1.24. The van der Waals surface area contributed by atoms with Crippen LogP contribution in [0.1, 0.15) is 46.0 Å². The van der Waals surface area contributed by atoms with Gasteiger partial charge in [0, 0.05) is 12.3 Å². The summed E-state index contributed by atoms with van der Waals surface area (Å²) >= 11 is 0. The molecule has 1 fully saturated rings. The summed E-state index contributed by atoms with van der Waals surface area (Å²) in [6, 6.07) is 0. The monoisotopic (exact) mass is 332 g/mol. The summed E-state index contributed by atoms with van der Waals surface area (Å²) in [5, 5.41) is 37.5. The van der Waals surface area contributed by atoms with Crippen molar-refractivity contribution in [1.29, 1.82) is 0 Å². The molecule has 6 atom stereocenters. The first-order chi connectivity index (χ1) is 11.0. The van der Waals surface area contributed by atoms with Crippen molar-refractivity contribution < 1.29 is 30.0 Å². The molecule has 1 saturated carbocycles. The van der Waals surface area contributed by atoms with Crippen LogP contribution in [0.15, 0.2) is 0 Å². The second-order valence-corrected chi connectivity index (χ2v) is 6.56. The molecule has 4 N–H and O–H groups in total. The average Bonchev–Trinajstić information content (AvgIpc) is 2.56. The summed E-state index contributed by atoms with van der Waals surface area (Å²) in [5.41, 5.74) is 0. The highest BCUT2D eigenvalue weighted by molar-refractivity contribution is 5.82. The predicted molar refractivity (Wildman–Crippen MR) is 85.8 cm³/mol.